The fourth-order valence-corrected chi connectivity index (χ4v) is 3.60. The topological polar surface area (TPSA) is 71.0 Å². The van der Waals surface area contributed by atoms with E-state index in [0.717, 1.165) is 19.3 Å². The van der Waals surface area contributed by atoms with Gasteiger partial charge in [0.2, 0.25) is 0 Å². The number of nitrogens with zero attached hydrogens (tertiary/aromatic N) is 1. The van der Waals surface area contributed by atoms with Gasteiger partial charge in [0.25, 0.3) is 0 Å². The summed E-state index contributed by atoms with van der Waals surface area (Å²) in [4.78, 5) is 14.4. The maximum Gasteiger partial charge on any atom is 0.410 e. The third kappa shape index (κ3) is 5.06. The maximum atomic E-state index is 12.6. The average molecular weight is 328 g/mol. The second kappa shape index (κ2) is 7.81. The largest absolute Gasteiger partial charge is 0.444 e. The van der Waals surface area contributed by atoms with Gasteiger partial charge in [0.1, 0.15) is 5.60 Å². The zero-order chi connectivity index (χ0) is 17.0. The number of carbonyl (C=O) groups is 1. The Hall–Kier alpha value is -0.850. The highest BCUT2D eigenvalue weighted by Crippen LogP contribution is 2.33. The number of amides is 1. The molecule has 1 saturated heterocycles. The monoisotopic (exact) mass is 328 g/mol. The van der Waals surface area contributed by atoms with E-state index in [1.54, 1.807) is 0 Å². The zero-order valence-electron chi connectivity index (χ0n) is 14.9. The van der Waals surface area contributed by atoms with Crippen LogP contribution in [-0.4, -0.2) is 66.2 Å². The molecule has 1 heterocycles. The van der Waals surface area contributed by atoms with Crippen molar-refractivity contribution in [3.63, 3.8) is 0 Å². The van der Waals surface area contributed by atoms with Gasteiger partial charge in [-0.2, -0.15) is 0 Å². The first-order chi connectivity index (χ1) is 10.8. The molecule has 0 bridgehead atoms. The number of aliphatic hydroxyl groups is 1. The number of hydrogen-bond donors (Lipinski definition) is 2. The zero-order valence-corrected chi connectivity index (χ0v) is 14.9. The summed E-state index contributed by atoms with van der Waals surface area (Å²) in [5, 5.41) is 12.8. The van der Waals surface area contributed by atoms with Crippen molar-refractivity contribution in [1.82, 2.24) is 10.2 Å². The molecule has 2 rings (SSSR count). The lowest BCUT2D eigenvalue weighted by atomic mass is 9.92. The van der Waals surface area contributed by atoms with Crippen molar-refractivity contribution >= 4 is 6.09 Å². The highest BCUT2D eigenvalue weighted by molar-refractivity contribution is 5.68. The molecule has 3 unspecified atom stereocenters. The molecule has 6 nitrogen and oxygen atoms in total. The molecule has 2 fully saturated rings. The van der Waals surface area contributed by atoms with Crippen molar-refractivity contribution in [3.8, 4) is 0 Å². The van der Waals surface area contributed by atoms with Crippen LogP contribution in [0.15, 0.2) is 0 Å². The van der Waals surface area contributed by atoms with Crippen LogP contribution in [0.25, 0.3) is 0 Å². The average Bonchev–Trinajstić information content (AvgIpc) is 2.93. The van der Waals surface area contributed by atoms with Crippen LogP contribution in [0, 0.1) is 5.92 Å². The quantitative estimate of drug-likeness (QED) is 0.823. The van der Waals surface area contributed by atoms with E-state index < -0.39 is 5.60 Å². The molecular formula is C17H32N2O4. The predicted octanol–water partition coefficient (Wildman–Crippen LogP) is 1.76. The molecule has 2 N–H and O–H groups in total. The lowest BCUT2D eigenvalue weighted by Gasteiger charge is -2.41. The third-order valence-corrected chi connectivity index (χ3v) is 4.63. The summed E-state index contributed by atoms with van der Waals surface area (Å²) in [5.41, 5.74) is -0.487. The van der Waals surface area contributed by atoms with Crippen molar-refractivity contribution in [2.45, 2.75) is 70.7 Å². The van der Waals surface area contributed by atoms with E-state index in [2.05, 4.69) is 5.32 Å². The van der Waals surface area contributed by atoms with Crippen molar-refractivity contribution in [3.05, 3.63) is 0 Å². The summed E-state index contributed by atoms with van der Waals surface area (Å²) in [6, 6.07) is 0.429. The summed E-state index contributed by atoms with van der Waals surface area (Å²) < 4.78 is 11.2. The molecule has 1 aliphatic carbocycles. The van der Waals surface area contributed by atoms with Gasteiger partial charge in [-0.1, -0.05) is 6.42 Å². The fraction of sp³-hybridized carbons (Fsp3) is 0.941. The Morgan fingerprint density at radius 2 is 2.17 bits per heavy atom. The highest BCUT2D eigenvalue weighted by atomic mass is 16.6. The van der Waals surface area contributed by atoms with Crippen LogP contribution in [0.1, 0.15) is 47.0 Å². The van der Waals surface area contributed by atoms with E-state index in [1.807, 2.05) is 32.6 Å². The van der Waals surface area contributed by atoms with E-state index >= 15 is 0 Å². The molecule has 1 aliphatic heterocycles. The van der Waals surface area contributed by atoms with Crippen molar-refractivity contribution in [2.75, 3.05) is 26.4 Å². The van der Waals surface area contributed by atoms with E-state index in [0.29, 0.717) is 31.7 Å². The molecule has 0 aromatic carbocycles. The lowest BCUT2D eigenvalue weighted by molar-refractivity contribution is -0.0491. The molecule has 0 radical (unpaired) electrons. The Morgan fingerprint density at radius 1 is 1.43 bits per heavy atom. The molecule has 2 aliphatic rings. The minimum Gasteiger partial charge on any atom is -0.444 e. The van der Waals surface area contributed by atoms with Crippen LogP contribution in [0.4, 0.5) is 4.79 Å². The normalized spacial score (nSPS) is 30.3. The van der Waals surface area contributed by atoms with Gasteiger partial charge in [-0.3, -0.25) is 0 Å². The molecule has 6 heteroatoms. The minimum absolute atomic E-state index is 0.0458. The molecule has 1 saturated carbocycles. The second-order valence-electron chi connectivity index (χ2n) is 7.77. The van der Waals surface area contributed by atoms with Gasteiger partial charge in [0.05, 0.1) is 25.9 Å². The number of hydrogen-bond acceptors (Lipinski definition) is 5. The number of rotatable bonds is 4. The Labute approximate surface area is 139 Å². The smallest absolute Gasteiger partial charge is 0.410 e. The first-order valence-corrected chi connectivity index (χ1v) is 8.76. The molecule has 0 aromatic rings. The van der Waals surface area contributed by atoms with E-state index in [1.165, 1.54) is 0 Å². The standard InChI is InChI=1S/C17H32N2O4/c1-12(10-20)18-14-7-5-6-13(14)15-11-22-9-8-19(15)16(21)23-17(2,3)4/h12-15,18,20H,5-11H2,1-4H3/t12-,13?,14?,15?/m0/s1. The van der Waals surface area contributed by atoms with Gasteiger partial charge in [-0.25, -0.2) is 4.79 Å². The Morgan fingerprint density at radius 3 is 2.83 bits per heavy atom. The highest BCUT2D eigenvalue weighted by Gasteiger charge is 2.41. The SMILES string of the molecule is C[C@@H](CO)NC1CCCC1C1COCCN1C(=O)OC(C)(C)C. The summed E-state index contributed by atoms with van der Waals surface area (Å²) in [6.07, 6.45) is 3.04. The lowest BCUT2D eigenvalue weighted by Crippen LogP contribution is -2.57. The maximum absolute atomic E-state index is 12.6. The summed E-state index contributed by atoms with van der Waals surface area (Å²) in [6.45, 7) is 9.50. The molecule has 4 atom stereocenters. The van der Waals surface area contributed by atoms with Crippen molar-refractivity contribution < 1.29 is 19.4 Å². The number of morpholine rings is 1. The number of ether oxygens (including phenoxy) is 2. The molecule has 23 heavy (non-hydrogen) atoms. The fourth-order valence-electron chi connectivity index (χ4n) is 3.60. The van der Waals surface area contributed by atoms with Gasteiger partial charge in [0.15, 0.2) is 0 Å². The summed E-state index contributed by atoms with van der Waals surface area (Å²) >= 11 is 0. The van der Waals surface area contributed by atoms with Crippen LogP contribution in [0.5, 0.6) is 0 Å². The second-order valence-corrected chi connectivity index (χ2v) is 7.77. The Bertz CT molecular complexity index is 397. The van der Waals surface area contributed by atoms with Crippen molar-refractivity contribution in [1.29, 1.82) is 0 Å². The van der Waals surface area contributed by atoms with Gasteiger partial charge in [0, 0.05) is 18.6 Å². The third-order valence-electron chi connectivity index (χ3n) is 4.63. The molecule has 0 spiro atoms. The van der Waals surface area contributed by atoms with Gasteiger partial charge < -0.3 is 24.8 Å². The van der Waals surface area contributed by atoms with Crippen LogP contribution < -0.4 is 5.32 Å². The van der Waals surface area contributed by atoms with E-state index in [-0.39, 0.29) is 24.8 Å². The van der Waals surface area contributed by atoms with Crippen LogP contribution in [-0.2, 0) is 9.47 Å². The van der Waals surface area contributed by atoms with Crippen LogP contribution >= 0.6 is 0 Å². The Kier molecular flexibility index (Phi) is 6.28. The first-order valence-electron chi connectivity index (χ1n) is 8.76. The molecular weight excluding hydrogens is 296 g/mol. The minimum atomic E-state index is -0.487. The van der Waals surface area contributed by atoms with Crippen LogP contribution in [0.2, 0.25) is 0 Å². The van der Waals surface area contributed by atoms with Gasteiger partial charge >= 0.3 is 6.09 Å². The van der Waals surface area contributed by atoms with Crippen LogP contribution in [0.3, 0.4) is 0 Å². The first kappa shape index (κ1) is 18.5. The summed E-state index contributed by atoms with van der Waals surface area (Å²) in [7, 11) is 0. The van der Waals surface area contributed by atoms with E-state index in [9.17, 15) is 9.90 Å². The Balaban J connectivity index is 2.06. The predicted molar refractivity (Wildman–Crippen MR) is 88.4 cm³/mol. The number of carbonyl (C=O) groups excluding carboxylic acids is 1. The molecule has 134 valence electrons. The van der Waals surface area contributed by atoms with Crippen molar-refractivity contribution in [2.24, 2.45) is 5.92 Å². The molecule has 1 amide bonds. The van der Waals surface area contributed by atoms with Gasteiger partial charge in [-0.05, 0) is 46.5 Å². The number of aliphatic hydroxyl groups excluding tert-OH is 1. The summed E-state index contributed by atoms with van der Waals surface area (Å²) in [5.74, 6) is 0.344. The number of nitrogens with one attached hydrogen (secondary N) is 1. The van der Waals surface area contributed by atoms with E-state index in [4.69, 9.17) is 9.47 Å². The van der Waals surface area contributed by atoms with Gasteiger partial charge in [-0.15, -0.1) is 0 Å². The molecule has 0 aromatic heterocycles.